The van der Waals surface area contributed by atoms with Gasteiger partial charge < -0.3 is 5.73 Å². The van der Waals surface area contributed by atoms with Gasteiger partial charge in [0.25, 0.3) is 0 Å². The van der Waals surface area contributed by atoms with Crippen LogP contribution < -0.4 is 11.4 Å². The number of hydrogen-bond donors (Lipinski definition) is 2. The SMILES string of the molecule is CCn1c(SCc2ccc(C#CCN)cc2)n[nH]c1=O. The molecule has 1 heterocycles. The Morgan fingerprint density at radius 2 is 2.15 bits per heavy atom. The molecule has 2 rings (SSSR count). The minimum absolute atomic E-state index is 0.164. The smallest absolute Gasteiger partial charge is 0.320 e. The number of nitrogens with zero attached hydrogens (tertiary/aromatic N) is 2. The molecule has 0 saturated carbocycles. The summed E-state index contributed by atoms with van der Waals surface area (Å²) in [5.74, 6) is 6.56. The number of benzene rings is 1. The van der Waals surface area contributed by atoms with Crippen molar-refractivity contribution in [1.29, 1.82) is 0 Å². The summed E-state index contributed by atoms with van der Waals surface area (Å²) in [7, 11) is 0. The largest absolute Gasteiger partial charge is 0.343 e. The van der Waals surface area contributed by atoms with Crippen LogP contribution in [0.1, 0.15) is 18.1 Å². The van der Waals surface area contributed by atoms with Gasteiger partial charge >= 0.3 is 5.69 Å². The van der Waals surface area contributed by atoms with Crippen LogP contribution in [0.4, 0.5) is 0 Å². The van der Waals surface area contributed by atoms with Crippen molar-refractivity contribution in [3.05, 3.63) is 45.9 Å². The van der Waals surface area contributed by atoms with Gasteiger partial charge in [0.1, 0.15) is 0 Å². The molecule has 0 bridgehead atoms. The highest BCUT2D eigenvalue weighted by Gasteiger charge is 2.06. The predicted octanol–water partition coefficient (Wildman–Crippen LogP) is 1.19. The molecule has 2 aromatic rings. The van der Waals surface area contributed by atoms with Gasteiger partial charge in [0.15, 0.2) is 5.16 Å². The Kier molecular flexibility index (Phi) is 5.04. The van der Waals surface area contributed by atoms with Crippen molar-refractivity contribution in [2.24, 2.45) is 5.73 Å². The highest BCUT2D eigenvalue weighted by Crippen LogP contribution is 2.19. The van der Waals surface area contributed by atoms with E-state index in [2.05, 4.69) is 22.0 Å². The van der Waals surface area contributed by atoms with Gasteiger partial charge in [-0.25, -0.2) is 9.89 Å². The fourth-order valence-electron chi connectivity index (χ4n) is 1.68. The van der Waals surface area contributed by atoms with Gasteiger partial charge in [-0.15, -0.1) is 5.10 Å². The van der Waals surface area contributed by atoms with E-state index in [4.69, 9.17) is 5.73 Å². The first-order valence-electron chi connectivity index (χ1n) is 6.30. The Labute approximate surface area is 121 Å². The average Bonchev–Trinajstić information content (AvgIpc) is 2.84. The molecule has 0 radical (unpaired) electrons. The maximum absolute atomic E-state index is 11.4. The van der Waals surface area contributed by atoms with Crippen molar-refractivity contribution in [3.63, 3.8) is 0 Å². The van der Waals surface area contributed by atoms with Crippen LogP contribution in [0, 0.1) is 11.8 Å². The van der Waals surface area contributed by atoms with Crippen LogP contribution in [0.2, 0.25) is 0 Å². The van der Waals surface area contributed by atoms with Crippen LogP contribution in [0.3, 0.4) is 0 Å². The number of aromatic nitrogens is 3. The molecule has 5 nitrogen and oxygen atoms in total. The summed E-state index contributed by atoms with van der Waals surface area (Å²) >= 11 is 1.53. The monoisotopic (exact) mass is 288 g/mol. The third-order valence-electron chi connectivity index (χ3n) is 2.70. The molecule has 0 aliphatic carbocycles. The lowest BCUT2D eigenvalue weighted by Crippen LogP contribution is -2.16. The molecule has 0 amide bonds. The van der Waals surface area contributed by atoms with E-state index in [0.717, 1.165) is 16.9 Å². The number of thioether (sulfide) groups is 1. The lowest BCUT2D eigenvalue weighted by atomic mass is 10.1. The van der Waals surface area contributed by atoms with Gasteiger partial charge in [0, 0.05) is 17.9 Å². The van der Waals surface area contributed by atoms with Crippen molar-refractivity contribution < 1.29 is 0 Å². The number of nitrogens with two attached hydrogens (primary N) is 1. The lowest BCUT2D eigenvalue weighted by Gasteiger charge is -2.02. The summed E-state index contributed by atoms with van der Waals surface area (Å²) in [6.45, 7) is 2.91. The van der Waals surface area contributed by atoms with Gasteiger partial charge in [0.2, 0.25) is 0 Å². The van der Waals surface area contributed by atoms with Crippen LogP contribution in [0.25, 0.3) is 0 Å². The summed E-state index contributed by atoms with van der Waals surface area (Å²) in [6.07, 6.45) is 0. The van der Waals surface area contributed by atoms with Crippen LogP contribution in [-0.2, 0) is 12.3 Å². The normalized spacial score (nSPS) is 10.1. The van der Waals surface area contributed by atoms with Gasteiger partial charge in [-0.05, 0) is 24.6 Å². The van der Waals surface area contributed by atoms with Crippen molar-refractivity contribution in [2.75, 3.05) is 6.54 Å². The van der Waals surface area contributed by atoms with Gasteiger partial charge in [-0.3, -0.25) is 4.57 Å². The predicted molar refractivity (Wildman–Crippen MR) is 80.5 cm³/mol. The molecule has 1 aromatic carbocycles. The Morgan fingerprint density at radius 3 is 2.80 bits per heavy atom. The molecule has 0 fully saturated rings. The average molecular weight is 288 g/mol. The topological polar surface area (TPSA) is 76.7 Å². The summed E-state index contributed by atoms with van der Waals surface area (Å²) in [5.41, 5.74) is 7.28. The molecule has 0 spiro atoms. The van der Waals surface area contributed by atoms with Crippen LogP contribution >= 0.6 is 11.8 Å². The first-order chi connectivity index (χ1) is 9.74. The first kappa shape index (κ1) is 14.4. The van der Waals surface area contributed by atoms with Gasteiger partial charge in [-0.2, -0.15) is 0 Å². The highest BCUT2D eigenvalue weighted by molar-refractivity contribution is 7.98. The lowest BCUT2D eigenvalue weighted by molar-refractivity contribution is 0.660. The molecule has 0 atom stereocenters. The number of nitrogens with one attached hydrogen (secondary N) is 1. The van der Waals surface area contributed by atoms with E-state index in [1.54, 1.807) is 4.57 Å². The zero-order valence-corrected chi connectivity index (χ0v) is 12.0. The summed E-state index contributed by atoms with van der Waals surface area (Å²) in [6, 6.07) is 7.98. The zero-order chi connectivity index (χ0) is 14.4. The number of hydrogen-bond acceptors (Lipinski definition) is 4. The Bertz CT molecular complexity index is 676. The standard InChI is InChI=1S/C14H16N4OS/c1-2-18-13(19)16-17-14(18)20-10-12-7-5-11(6-8-12)4-3-9-15/h5-8H,2,9-10,15H2,1H3,(H,16,19). The second-order valence-electron chi connectivity index (χ2n) is 4.05. The van der Waals surface area contributed by atoms with Crippen LogP contribution in [-0.4, -0.2) is 21.3 Å². The Balaban J connectivity index is 2.02. The van der Waals surface area contributed by atoms with Crippen molar-refractivity contribution >= 4 is 11.8 Å². The maximum atomic E-state index is 11.4. The van der Waals surface area contributed by atoms with Crippen molar-refractivity contribution in [1.82, 2.24) is 14.8 Å². The maximum Gasteiger partial charge on any atom is 0.343 e. The van der Waals surface area contributed by atoms with E-state index in [-0.39, 0.29) is 5.69 Å². The summed E-state index contributed by atoms with van der Waals surface area (Å²) < 4.78 is 1.62. The number of aromatic amines is 1. The molecule has 20 heavy (non-hydrogen) atoms. The molecule has 0 unspecified atom stereocenters. The Morgan fingerprint density at radius 1 is 1.40 bits per heavy atom. The van der Waals surface area contributed by atoms with Gasteiger partial charge in [-0.1, -0.05) is 35.7 Å². The highest BCUT2D eigenvalue weighted by atomic mass is 32.2. The summed E-state index contributed by atoms with van der Waals surface area (Å²) in [5, 5.41) is 7.19. The third kappa shape index (κ3) is 3.53. The minimum Gasteiger partial charge on any atom is -0.320 e. The first-order valence-corrected chi connectivity index (χ1v) is 7.29. The van der Waals surface area contributed by atoms with E-state index in [1.165, 1.54) is 11.8 Å². The molecule has 104 valence electrons. The zero-order valence-electron chi connectivity index (χ0n) is 11.2. The quantitative estimate of drug-likeness (QED) is 0.654. The van der Waals surface area contributed by atoms with Crippen molar-refractivity contribution in [2.45, 2.75) is 24.4 Å². The molecule has 1 aromatic heterocycles. The molecular formula is C14H16N4OS. The molecule has 3 N–H and O–H groups in total. The van der Waals surface area contributed by atoms with Crippen molar-refractivity contribution in [3.8, 4) is 11.8 Å². The van der Waals surface area contributed by atoms with Crippen LogP contribution in [0.5, 0.6) is 0 Å². The fraction of sp³-hybridized carbons (Fsp3) is 0.286. The van der Waals surface area contributed by atoms with E-state index < -0.39 is 0 Å². The minimum atomic E-state index is -0.164. The van der Waals surface area contributed by atoms with E-state index in [9.17, 15) is 4.79 Å². The second-order valence-corrected chi connectivity index (χ2v) is 4.99. The third-order valence-corrected chi connectivity index (χ3v) is 3.74. The molecular weight excluding hydrogens is 272 g/mol. The number of H-pyrrole nitrogens is 1. The van der Waals surface area contributed by atoms with Crippen LogP contribution in [0.15, 0.2) is 34.2 Å². The fourth-order valence-corrected chi connectivity index (χ4v) is 2.64. The second kappa shape index (κ2) is 6.98. The molecule has 0 saturated heterocycles. The number of rotatable bonds is 4. The summed E-state index contributed by atoms with van der Waals surface area (Å²) in [4.78, 5) is 11.4. The Hall–Kier alpha value is -1.97. The molecule has 0 aliphatic rings. The van der Waals surface area contributed by atoms with E-state index >= 15 is 0 Å². The molecule has 6 heteroatoms. The molecule has 0 aliphatic heterocycles. The van der Waals surface area contributed by atoms with E-state index in [0.29, 0.717) is 18.2 Å². The van der Waals surface area contributed by atoms with Gasteiger partial charge in [0.05, 0.1) is 6.54 Å². The van der Waals surface area contributed by atoms with E-state index in [1.807, 2.05) is 31.2 Å².